The van der Waals surface area contributed by atoms with Gasteiger partial charge in [-0.05, 0) is 59.9 Å². The van der Waals surface area contributed by atoms with Crippen molar-refractivity contribution in [2.24, 2.45) is 0 Å². The Bertz CT molecular complexity index is 711. The van der Waals surface area contributed by atoms with E-state index >= 15 is 0 Å². The zero-order chi connectivity index (χ0) is 12.9. The van der Waals surface area contributed by atoms with Crippen molar-refractivity contribution < 1.29 is 4.39 Å². The number of imidazole rings is 1. The maximum atomic E-state index is 13.4. The second-order valence-electron chi connectivity index (χ2n) is 3.61. The number of hydrogen-bond donors (Lipinski definition) is 1. The van der Waals surface area contributed by atoms with E-state index in [0.29, 0.717) is 9.99 Å². The van der Waals surface area contributed by atoms with Crippen LogP contribution in [0.2, 0.25) is 0 Å². The molecule has 0 radical (unpaired) electrons. The largest absolute Gasteiger partial charge is 0.338 e. The average molecular weight is 455 g/mol. The van der Waals surface area contributed by atoms with E-state index in [0.717, 1.165) is 24.5 Å². The average Bonchev–Trinajstić information content (AvgIpc) is 2.82. The van der Waals surface area contributed by atoms with Crippen LogP contribution in [0.4, 0.5) is 4.39 Å². The SMILES string of the molecule is Fc1cc2[nH]c(-c3cc(Br)sc3Br)nc2cc1Br. The number of aromatic amines is 1. The van der Waals surface area contributed by atoms with E-state index in [2.05, 4.69) is 57.8 Å². The van der Waals surface area contributed by atoms with Gasteiger partial charge < -0.3 is 4.98 Å². The van der Waals surface area contributed by atoms with Gasteiger partial charge in [0.1, 0.15) is 11.6 Å². The summed E-state index contributed by atoms with van der Waals surface area (Å²) < 4.78 is 15.8. The lowest BCUT2D eigenvalue weighted by Gasteiger charge is -1.92. The number of nitrogens with zero attached hydrogens (tertiary/aromatic N) is 1. The molecular formula is C11H4Br3FN2S. The Morgan fingerprint density at radius 3 is 2.61 bits per heavy atom. The van der Waals surface area contributed by atoms with Gasteiger partial charge in [-0.25, -0.2) is 9.37 Å². The summed E-state index contributed by atoms with van der Waals surface area (Å²) in [5.41, 5.74) is 2.37. The number of H-pyrrole nitrogens is 1. The minimum absolute atomic E-state index is 0.303. The Balaban J connectivity index is 2.22. The molecule has 0 saturated carbocycles. The number of aromatic nitrogens is 2. The van der Waals surface area contributed by atoms with Crippen LogP contribution in [-0.2, 0) is 0 Å². The van der Waals surface area contributed by atoms with Crippen molar-refractivity contribution >= 4 is 70.2 Å². The van der Waals surface area contributed by atoms with Crippen LogP contribution in [0.3, 0.4) is 0 Å². The predicted octanol–water partition coefficient (Wildman–Crippen LogP) is 5.72. The summed E-state index contributed by atoms with van der Waals surface area (Å²) >= 11 is 11.6. The molecule has 18 heavy (non-hydrogen) atoms. The minimum Gasteiger partial charge on any atom is -0.338 e. The van der Waals surface area contributed by atoms with E-state index in [1.165, 1.54) is 6.07 Å². The van der Waals surface area contributed by atoms with Gasteiger partial charge in [0.05, 0.1) is 23.1 Å². The Labute approximate surface area is 131 Å². The van der Waals surface area contributed by atoms with Crippen LogP contribution in [0.15, 0.2) is 30.2 Å². The van der Waals surface area contributed by atoms with Gasteiger partial charge >= 0.3 is 0 Å². The highest BCUT2D eigenvalue weighted by Crippen LogP contribution is 2.38. The van der Waals surface area contributed by atoms with Gasteiger partial charge in [0.2, 0.25) is 0 Å². The molecule has 1 aromatic carbocycles. The molecule has 0 unspecified atom stereocenters. The Kier molecular flexibility index (Phi) is 3.34. The van der Waals surface area contributed by atoms with Crippen molar-refractivity contribution in [3.8, 4) is 11.4 Å². The zero-order valence-corrected chi connectivity index (χ0v) is 14.2. The summed E-state index contributed by atoms with van der Waals surface area (Å²) in [4.78, 5) is 7.58. The first kappa shape index (κ1) is 12.8. The van der Waals surface area contributed by atoms with Gasteiger partial charge in [-0.15, -0.1) is 11.3 Å². The molecule has 0 aliphatic carbocycles. The topological polar surface area (TPSA) is 28.7 Å². The molecule has 2 aromatic heterocycles. The molecule has 0 saturated heterocycles. The summed E-state index contributed by atoms with van der Waals surface area (Å²) in [6.45, 7) is 0. The fourth-order valence-corrected chi connectivity index (χ4v) is 4.77. The van der Waals surface area contributed by atoms with Gasteiger partial charge in [0.25, 0.3) is 0 Å². The molecule has 0 amide bonds. The van der Waals surface area contributed by atoms with Gasteiger partial charge in [-0.2, -0.15) is 0 Å². The number of nitrogens with one attached hydrogen (secondary N) is 1. The Hall–Kier alpha value is -0.240. The number of hydrogen-bond acceptors (Lipinski definition) is 2. The van der Waals surface area contributed by atoms with Crippen molar-refractivity contribution in [2.45, 2.75) is 0 Å². The van der Waals surface area contributed by atoms with E-state index < -0.39 is 0 Å². The van der Waals surface area contributed by atoms with Crippen LogP contribution in [0, 0.1) is 5.82 Å². The highest BCUT2D eigenvalue weighted by atomic mass is 79.9. The van der Waals surface area contributed by atoms with Crippen molar-refractivity contribution in [3.63, 3.8) is 0 Å². The normalized spacial score (nSPS) is 11.3. The highest BCUT2D eigenvalue weighted by Gasteiger charge is 2.13. The van der Waals surface area contributed by atoms with Crippen molar-refractivity contribution in [1.82, 2.24) is 9.97 Å². The van der Waals surface area contributed by atoms with E-state index in [-0.39, 0.29) is 5.82 Å². The Morgan fingerprint density at radius 1 is 1.17 bits per heavy atom. The van der Waals surface area contributed by atoms with Crippen molar-refractivity contribution in [1.29, 1.82) is 0 Å². The maximum Gasteiger partial charge on any atom is 0.140 e. The molecule has 0 aliphatic rings. The van der Waals surface area contributed by atoms with E-state index in [1.54, 1.807) is 17.4 Å². The molecule has 0 fully saturated rings. The van der Waals surface area contributed by atoms with E-state index in [4.69, 9.17) is 0 Å². The highest BCUT2D eigenvalue weighted by molar-refractivity contribution is 9.12. The third-order valence-electron chi connectivity index (χ3n) is 2.44. The van der Waals surface area contributed by atoms with Crippen LogP contribution >= 0.6 is 59.1 Å². The van der Waals surface area contributed by atoms with Gasteiger partial charge in [0, 0.05) is 11.6 Å². The summed E-state index contributed by atoms with van der Waals surface area (Å²) in [7, 11) is 0. The third-order valence-corrected chi connectivity index (χ3v) is 5.38. The second kappa shape index (κ2) is 4.70. The first-order valence-corrected chi connectivity index (χ1v) is 8.04. The molecule has 1 N–H and O–H groups in total. The van der Waals surface area contributed by atoms with Crippen LogP contribution in [-0.4, -0.2) is 9.97 Å². The zero-order valence-electron chi connectivity index (χ0n) is 8.60. The summed E-state index contributed by atoms with van der Waals surface area (Å²) in [6, 6.07) is 5.07. The molecule has 0 bridgehead atoms. The third kappa shape index (κ3) is 2.17. The van der Waals surface area contributed by atoms with Crippen LogP contribution in [0.1, 0.15) is 0 Å². The number of halogens is 4. The van der Waals surface area contributed by atoms with Gasteiger partial charge in [-0.1, -0.05) is 0 Å². The van der Waals surface area contributed by atoms with Crippen molar-refractivity contribution in [3.05, 3.63) is 36.1 Å². The molecule has 2 nitrogen and oxygen atoms in total. The van der Waals surface area contributed by atoms with E-state index in [9.17, 15) is 4.39 Å². The molecule has 3 rings (SSSR count). The second-order valence-corrected chi connectivity index (χ2v) is 8.21. The monoisotopic (exact) mass is 452 g/mol. The van der Waals surface area contributed by atoms with E-state index in [1.807, 2.05) is 6.07 Å². The van der Waals surface area contributed by atoms with Crippen LogP contribution in [0.5, 0.6) is 0 Å². The molecule has 92 valence electrons. The lowest BCUT2D eigenvalue weighted by molar-refractivity contribution is 0.623. The van der Waals surface area contributed by atoms with Gasteiger partial charge in [0.15, 0.2) is 0 Å². The summed E-state index contributed by atoms with van der Waals surface area (Å²) in [6.07, 6.45) is 0. The maximum absolute atomic E-state index is 13.4. The first-order valence-electron chi connectivity index (χ1n) is 4.84. The molecule has 3 aromatic rings. The Morgan fingerprint density at radius 2 is 1.94 bits per heavy atom. The fourth-order valence-electron chi connectivity index (χ4n) is 1.63. The molecule has 0 aliphatic heterocycles. The lowest BCUT2D eigenvalue weighted by Crippen LogP contribution is -1.77. The van der Waals surface area contributed by atoms with Crippen LogP contribution in [0.25, 0.3) is 22.4 Å². The molecule has 0 atom stereocenters. The first-order chi connectivity index (χ1) is 8.54. The summed E-state index contributed by atoms with van der Waals surface area (Å²) in [5.74, 6) is 0.416. The minimum atomic E-state index is -0.303. The smallest absolute Gasteiger partial charge is 0.140 e. The fraction of sp³-hybridized carbons (Fsp3) is 0. The number of benzene rings is 1. The number of fused-ring (bicyclic) bond motifs is 1. The molecule has 7 heteroatoms. The molecular weight excluding hydrogens is 451 g/mol. The van der Waals surface area contributed by atoms with Crippen molar-refractivity contribution in [2.75, 3.05) is 0 Å². The number of thiophene rings is 1. The molecule has 0 spiro atoms. The van der Waals surface area contributed by atoms with Crippen LogP contribution < -0.4 is 0 Å². The molecule has 2 heterocycles. The standard InChI is InChI=1S/C11H4Br3FN2S/c12-5-2-7-8(3-6(5)15)17-11(16-7)4-1-9(13)18-10(4)14/h1-3H,(H,16,17). The van der Waals surface area contributed by atoms with Gasteiger partial charge in [-0.3, -0.25) is 0 Å². The lowest BCUT2D eigenvalue weighted by atomic mass is 10.3. The predicted molar refractivity (Wildman–Crippen MR) is 82.5 cm³/mol. The quantitative estimate of drug-likeness (QED) is 0.500. The summed E-state index contributed by atoms with van der Waals surface area (Å²) in [5, 5.41) is 0. The number of rotatable bonds is 1.